The van der Waals surface area contributed by atoms with E-state index in [0.29, 0.717) is 0 Å². The molecule has 0 unspecified atom stereocenters. The molecule has 6 heteroatoms. The molecule has 15 heavy (non-hydrogen) atoms. The SMILES string of the molecule is CC(C)S(=O)(=O)c1cccnc1C(N)=O. The predicted molar refractivity (Wildman–Crippen MR) is 55.1 cm³/mol. The van der Waals surface area contributed by atoms with Crippen LogP contribution in [0.25, 0.3) is 0 Å². The first-order valence-electron chi connectivity index (χ1n) is 4.36. The lowest BCUT2D eigenvalue weighted by atomic mass is 10.3. The van der Waals surface area contributed by atoms with E-state index in [9.17, 15) is 13.2 Å². The summed E-state index contributed by atoms with van der Waals surface area (Å²) in [7, 11) is -3.52. The Morgan fingerprint density at radius 2 is 2.07 bits per heavy atom. The summed E-state index contributed by atoms with van der Waals surface area (Å²) in [6, 6.07) is 2.80. The van der Waals surface area contributed by atoms with E-state index in [2.05, 4.69) is 4.98 Å². The van der Waals surface area contributed by atoms with E-state index >= 15 is 0 Å². The lowest BCUT2D eigenvalue weighted by Crippen LogP contribution is -2.22. The van der Waals surface area contributed by atoms with Gasteiger partial charge in [0.05, 0.1) is 10.1 Å². The molecule has 5 nitrogen and oxygen atoms in total. The van der Waals surface area contributed by atoms with Gasteiger partial charge in [0.25, 0.3) is 5.91 Å². The molecular formula is C9H12N2O3S. The maximum atomic E-state index is 11.8. The van der Waals surface area contributed by atoms with Crippen molar-refractivity contribution in [3.05, 3.63) is 24.0 Å². The number of pyridine rings is 1. The highest BCUT2D eigenvalue weighted by molar-refractivity contribution is 7.92. The first kappa shape index (κ1) is 11.6. The molecule has 0 saturated carbocycles. The minimum absolute atomic E-state index is 0.104. The normalized spacial score (nSPS) is 11.7. The molecule has 1 rings (SSSR count). The van der Waals surface area contributed by atoms with Gasteiger partial charge in [0.1, 0.15) is 5.69 Å². The quantitative estimate of drug-likeness (QED) is 0.808. The lowest BCUT2D eigenvalue weighted by Gasteiger charge is -2.09. The van der Waals surface area contributed by atoms with Crippen LogP contribution in [0.3, 0.4) is 0 Å². The van der Waals surface area contributed by atoms with E-state index in [1.165, 1.54) is 32.2 Å². The number of sulfone groups is 1. The van der Waals surface area contributed by atoms with E-state index in [4.69, 9.17) is 5.73 Å². The Bertz CT molecular complexity index is 480. The van der Waals surface area contributed by atoms with Crippen molar-refractivity contribution in [1.29, 1.82) is 0 Å². The fourth-order valence-electron chi connectivity index (χ4n) is 1.06. The van der Waals surface area contributed by atoms with E-state index in [1.807, 2.05) is 0 Å². The summed E-state index contributed by atoms with van der Waals surface area (Å²) >= 11 is 0. The number of amides is 1. The number of nitrogens with two attached hydrogens (primary N) is 1. The molecule has 2 N–H and O–H groups in total. The molecule has 0 fully saturated rings. The van der Waals surface area contributed by atoms with Crippen LogP contribution in [-0.4, -0.2) is 24.6 Å². The van der Waals surface area contributed by atoms with E-state index < -0.39 is 21.0 Å². The number of nitrogens with zero attached hydrogens (tertiary/aromatic N) is 1. The summed E-state index contributed by atoms with van der Waals surface area (Å²) in [6.45, 7) is 3.07. The second kappa shape index (κ2) is 3.98. The molecule has 0 aliphatic carbocycles. The molecule has 1 amide bonds. The average molecular weight is 228 g/mol. The molecule has 1 heterocycles. The number of hydrogen-bond acceptors (Lipinski definition) is 4. The zero-order chi connectivity index (χ0) is 11.6. The van der Waals surface area contributed by atoms with Crippen LogP contribution in [0.2, 0.25) is 0 Å². The number of carbonyl (C=O) groups excluding carboxylic acids is 1. The Labute approximate surface area is 88.2 Å². The standard InChI is InChI=1S/C9H12N2O3S/c1-6(2)15(13,14)7-4-3-5-11-8(7)9(10)12/h3-6H,1-2H3,(H2,10,12). The highest BCUT2D eigenvalue weighted by Gasteiger charge is 2.25. The van der Waals surface area contributed by atoms with Crippen LogP contribution >= 0.6 is 0 Å². The van der Waals surface area contributed by atoms with E-state index in [0.717, 1.165) is 0 Å². The van der Waals surface area contributed by atoms with Crippen LogP contribution in [0.15, 0.2) is 23.2 Å². The van der Waals surface area contributed by atoms with Crippen LogP contribution in [-0.2, 0) is 9.84 Å². The Morgan fingerprint density at radius 3 is 2.53 bits per heavy atom. The van der Waals surface area contributed by atoms with Crippen molar-refractivity contribution in [2.75, 3.05) is 0 Å². The molecule has 0 atom stereocenters. The third kappa shape index (κ3) is 2.15. The number of primary amides is 1. The smallest absolute Gasteiger partial charge is 0.268 e. The van der Waals surface area contributed by atoms with Crippen molar-refractivity contribution in [3.63, 3.8) is 0 Å². The van der Waals surface area contributed by atoms with Gasteiger partial charge in [0, 0.05) is 6.20 Å². The molecule has 82 valence electrons. The summed E-state index contributed by atoms with van der Waals surface area (Å²) in [5, 5.41) is -0.611. The topological polar surface area (TPSA) is 90.1 Å². The van der Waals surface area contributed by atoms with Gasteiger partial charge in [-0.15, -0.1) is 0 Å². The molecule has 0 aliphatic rings. The van der Waals surface area contributed by atoms with Crippen molar-refractivity contribution in [2.45, 2.75) is 24.0 Å². The molecule has 0 spiro atoms. The summed E-state index contributed by atoms with van der Waals surface area (Å²) in [5.41, 5.74) is 4.84. The number of carbonyl (C=O) groups is 1. The van der Waals surface area contributed by atoms with Crippen molar-refractivity contribution < 1.29 is 13.2 Å². The molecule has 0 aromatic carbocycles. The minimum atomic E-state index is -3.52. The third-order valence-electron chi connectivity index (χ3n) is 1.93. The van der Waals surface area contributed by atoms with Crippen LogP contribution in [0, 0.1) is 0 Å². The van der Waals surface area contributed by atoms with Crippen LogP contribution in [0.1, 0.15) is 24.3 Å². The average Bonchev–Trinajstić information content (AvgIpc) is 2.17. The van der Waals surface area contributed by atoms with Crippen LogP contribution in [0.5, 0.6) is 0 Å². The predicted octanol–water partition coefficient (Wildman–Crippen LogP) is 0.363. The third-order valence-corrected chi connectivity index (χ3v) is 4.11. The summed E-state index contributed by atoms with van der Waals surface area (Å²) in [5.74, 6) is -0.838. The van der Waals surface area contributed by atoms with Crippen LogP contribution in [0.4, 0.5) is 0 Å². The first-order valence-corrected chi connectivity index (χ1v) is 5.90. The Balaban J connectivity index is 3.45. The van der Waals surface area contributed by atoms with E-state index in [1.54, 1.807) is 0 Å². The monoisotopic (exact) mass is 228 g/mol. The number of hydrogen-bond donors (Lipinski definition) is 1. The van der Waals surface area contributed by atoms with Crippen molar-refractivity contribution in [1.82, 2.24) is 4.98 Å². The maximum Gasteiger partial charge on any atom is 0.268 e. The molecule has 1 aromatic rings. The maximum absolute atomic E-state index is 11.8. The minimum Gasteiger partial charge on any atom is -0.364 e. The molecule has 0 aliphatic heterocycles. The highest BCUT2D eigenvalue weighted by Crippen LogP contribution is 2.18. The van der Waals surface area contributed by atoms with Crippen molar-refractivity contribution in [2.24, 2.45) is 5.73 Å². The second-order valence-corrected chi connectivity index (χ2v) is 5.78. The lowest BCUT2D eigenvalue weighted by molar-refractivity contribution is 0.0992. The van der Waals surface area contributed by atoms with Gasteiger partial charge in [-0.05, 0) is 26.0 Å². The summed E-state index contributed by atoms with van der Waals surface area (Å²) in [6.07, 6.45) is 1.33. The zero-order valence-electron chi connectivity index (χ0n) is 8.47. The highest BCUT2D eigenvalue weighted by atomic mass is 32.2. The van der Waals surface area contributed by atoms with Gasteiger partial charge in [-0.25, -0.2) is 13.4 Å². The molecule has 0 bridgehead atoms. The van der Waals surface area contributed by atoms with Crippen molar-refractivity contribution >= 4 is 15.7 Å². The zero-order valence-corrected chi connectivity index (χ0v) is 9.28. The fraction of sp³-hybridized carbons (Fsp3) is 0.333. The van der Waals surface area contributed by atoms with Gasteiger partial charge >= 0.3 is 0 Å². The number of aromatic nitrogens is 1. The molecular weight excluding hydrogens is 216 g/mol. The fourth-order valence-corrected chi connectivity index (χ4v) is 2.26. The summed E-state index contributed by atoms with van der Waals surface area (Å²) < 4.78 is 23.6. The van der Waals surface area contributed by atoms with E-state index in [-0.39, 0.29) is 10.6 Å². The van der Waals surface area contributed by atoms with Gasteiger partial charge in [0.15, 0.2) is 9.84 Å². The Morgan fingerprint density at radius 1 is 1.47 bits per heavy atom. The van der Waals surface area contributed by atoms with Gasteiger partial charge in [-0.2, -0.15) is 0 Å². The molecule has 1 aromatic heterocycles. The Kier molecular flexibility index (Phi) is 3.09. The van der Waals surface area contributed by atoms with Crippen molar-refractivity contribution in [3.8, 4) is 0 Å². The number of rotatable bonds is 3. The second-order valence-electron chi connectivity index (χ2n) is 3.31. The van der Waals surface area contributed by atoms with Gasteiger partial charge in [0.2, 0.25) is 0 Å². The Hall–Kier alpha value is -1.43. The van der Waals surface area contributed by atoms with Gasteiger partial charge in [-0.3, -0.25) is 4.79 Å². The molecule has 0 radical (unpaired) electrons. The van der Waals surface area contributed by atoms with Gasteiger partial charge in [-0.1, -0.05) is 0 Å². The van der Waals surface area contributed by atoms with Crippen LogP contribution < -0.4 is 5.73 Å². The van der Waals surface area contributed by atoms with Gasteiger partial charge < -0.3 is 5.73 Å². The first-order chi connectivity index (χ1) is 6.87. The largest absolute Gasteiger partial charge is 0.364 e. The molecule has 0 saturated heterocycles. The summed E-state index contributed by atoms with van der Waals surface area (Å²) in [4.78, 5) is 14.6.